The van der Waals surface area contributed by atoms with Crippen LogP contribution in [0.4, 0.5) is 0 Å². The lowest BCUT2D eigenvalue weighted by atomic mass is 10.2. The number of nitrogens with zero attached hydrogens (tertiary/aromatic N) is 2. The predicted octanol–water partition coefficient (Wildman–Crippen LogP) is 2.71. The van der Waals surface area contributed by atoms with Gasteiger partial charge in [0, 0.05) is 32.7 Å². The lowest BCUT2D eigenvalue weighted by molar-refractivity contribution is 0.204. The molecule has 1 heterocycles. The number of hydrogen-bond donors (Lipinski definition) is 0. The Morgan fingerprint density at radius 3 is 2.23 bits per heavy atom. The van der Waals surface area contributed by atoms with Crippen molar-refractivity contribution >= 4 is 16.1 Å². The van der Waals surface area contributed by atoms with Gasteiger partial charge in [0.15, 0.2) is 0 Å². The number of ether oxygens (including phenoxy) is 1. The second-order valence-electron chi connectivity index (χ2n) is 6.19. The van der Waals surface area contributed by atoms with Crippen molar-refractivity contribution in [1.82, 2.24) is 9.21 Å². The third kappa shape index (κ3) is 4.52. The Labute approximate surface area is 155 Å². The van der Waals surface area contributed by atoms with Crippen LogP contribution in [-0.4, -0.2) is 57.5 Å². The van der Waals surface area contributed by atoms with Gasteiger partial charge in [-0.3, -0.25) is 4.90 Å². The highest BCUT2D eigenvalue weighted by atomic mass is 32.2. The fourth-order valence-electron chi connectivity index (χ4n) is 2.95. The Morgan fingerprint density at radius 1 is 0.962 bits per heavy atom. The summed E-state index contributed by atoms with van der Waals surface area (Å²) in [6.45, 7) is 3.30. The molecule has 26 heavy (non-hydrogen) atoms. The van der Waals surface area contributed by atoms with Crippen LogP contribution in [0.15, 0.2) is 65.6 Å². The minimum atomic E-state index is -3.44. The van der Waals surface area contributed by atoms with Gasteiger partial charge >= 0.3 is 0 Å². The topological polar surface area (TPSA) is 49.9 Å². The van der Waals surface area contributed by atoms with Crippen LogP contribution in [0.2, 0.25) is 0 Å². The second kappa shape index (κ2) is 8.49. The minimum Gasteiger partial charge on any atom is -0.497 e. The third-order valence-electron chi connectivity index (χ3n) is 4.50. The van der Waals surface area contributed by atoms with Crippen molar-refractivity contribution in [1.29, 1.82) is 0 Å². The van der Waals surface area contributed by atoms with E-state index in [0.29, 0.717) is 23.7 Å². The normalized spacial score (nSPS) is 16.8. The van der Waals surface area contributed by atoms with E-state index in [4.69, 9.17) is 4.74 Å². The van der Waals surface area contributed by atoms with E-state index in [9.17, 15) is 8.42 Å². The molecule has 1 saturated heterocycles. The molecule has 2 aromatic carbocycles. The van der Waals surface area contributed by atoms with Crippen LogP contribution in [-0.2, 0) is 10.0 Å². The lowest BCUT2D eigenvalue weighted by Gasteiger charge is -2.33. The summed E-state index contributed by atoms with van der Waals surface area (Å²) >= 11 is 0. The highest BCUT2D eigenvalue weighted by Gasteiger charge is 2.28. The molecule has 1 fully saturated rings. The van der Waals surface area contributed by atoms with E-state index in [1.54, 1.807) is 35.7 Å². The zero-order chi connectivity index (χ0) is 18.4. The molecule has 3 rings (SSSR count). The maximum absolute atomic E-state index is 12.7. The molecular weight excluding hydrogens is 348 g/mol. The molecule has 0 atom stereocenters. The summed E-state index contributed by atoms with van der Waals surface area (Å²) in [7, 11) is -1.88. The van der Waals surface area contributed by atoms with Crippen molar-refractivity contribution in [3.8, 4) is 5.75 Å². The van der Waals surface area contributed by atoms with Gasteiger partial charge < -0.3 is 4.74 Å². The van der Waals surface area contributed by atoms with Crippen molar-refractivity contribution in [3.63, 3.8) is 0 Å². The molecule has 0 bridgehead atoms. The molecule has 0 amide bonds. The average molecular weight is 372 g/mol. The first-order valence-electron chi connectivity index (χ1n) is 8.68. The van der Waals surface area contributed by atoms with Crippen LogP contribution < -0.4 is 4.74 Å². The first kappa shape index (κ1) is 18.6. The number of benzene rings is 2. The Balaban J connectivity index is 1.54. The number of sulfonamides is 1. The van der Waals surface area contributed by atoms with Gasteiger partial charge in [0.05, 0.1) is 12.0 Å². The van der Waals surface area contributed by atoms with Crippen LogP contribution in [0.1, 0.15) is 5.56 Å². The number of rotatable bonds is 6. The van der Waals surface area contributed by atoms with E-state index < -0.39 is 10.0 Å². The van der Waals surface area contributed by atoms with Gasteiger partial charge in [0.25, 0.3) is 0 Å². The van der Waals surface area contributed by atoms with E-state index in [0.717, 1.165) is 19.6 Å². The van der Waals surface area contributed by atoms with Crippen LogP contribution in [0.3, 0.4) is 0 Å². The molecule has 5 nitrogen and oxygen atoms in total. The second-order valence-corrected chi connectivity index (χ2v) is 8.13. The minimum absolute atomic E-state index is 0.315. The number of methoxy groups -OCH3 is 1. The highest BCUT2D eigenvalue weighted by Crippen LogP contribution is 2.20. The monoisotopic (exact) mass is 372 g/mol. The molecule has 138 valence electrons. The van der Waals surface area contributed by atoms with Gasteiger partial charge in [0.1, 0.15) is 5.75 Å². The number of piperazine rings is 1. The molecular formula is C20H24N2O3S. The van der Waals surface area contributed by atoms with Gasteiger partial charge in [-0.05, 0) is 29.8 Å². The zero-order valence-electron chi connectivity index (χ0n) is 14.9. The fourth-order valence-corrected chi connectivity index (χ4v) is 4.37. The Morgan fingerprint density at radius 2 is 1.62 bits per heavy atom. The van der Waals surface area contributed by atoms with E-state index in [1.165, 1.54) is 5.56 Å². The Hall–Kier alpha value is -2.15. The summed E-state index contributed by atoms with van der Waals surface area (Å²) in [4.78, 5) is 2.58. The largest absolute Gasteiger partial charge is 0.497 e. The van der Waals surface area contributed by atoms with Crippen molar-refractivity contribution < 1.29 is 13.2 Å². The molecule has 0 aliphatic carbocycles. The average Bonchev–Trinajstić information content (AvgIpc) is 2.69. The third-order valence-corrected chi connectivity index (χ3v) is 6.41. The first-order chi connectivity index (χ1) is 12.6. The lowest BCUT2D eigenvalue weighted by Crippen LogP contribution is -2.48. The summed E-state index contributed by atoms with van der Waals surface area (Å²) in [5, 5.41) is 0. The molecule has 0 radical (unpaired) electrons. The molecule has 0 aromatic heterocycles. The van der Waals surface area contributed by atoms with Crippen LogP contribution in [0, 0.1) is 0 Å². The van der Waals surface area contributed by atoms with Gasteiger partial charge in [-0.25, -0.2) is 8.42 Å². The summed E-state index contributed by atoms with van der Waals surface area (Å²) < 4.78 is 32.1. The van der Waals surface area contributed by atoms with E-state index in [-0.39, 0.29) is 0 Å². The van der Waals surface area contributed by atoms with E-state index >= 15 is 0 Å². The SMILES string of the molecule is COc1ccc(S(=O)(=O)N2CCN(C/C=C\c3ccccc3)CC2)cc1. The molecule has 2 aromatic rings. The maximum Gasteiger partial charge on any atom is 0.243 e. The standard InChI is InChI=1S/C20H24N2O3S/c1-25-19-9-11-20(12-10-19)26(23,24)22-16-14-21(15-17-22)13-5-8-18-6-3-2-4-7-18/h2-12H,13-17H2,1H3/b8-5-. The van der Waals surface area contributed by atoms with Gasteiger partial charge in [-0.2, -0.15) is 4.31 Å². The van der Waals surface area contributed by atoms with Gasteiger partial charge in [0.2, 0.25) is 10.0 Å². The van der Waals surface area contributed by atoms with E-state index in [2.05, 4.69) is 29.2 Å². The Bertz CT molecular complexity index is 825. The maximum atomic E-state index is 12.7. The van der Waals surface area contributed by atoms with Crippen molar-refractivity contribution in [2.24, 2.45) is 0 Å². The molecule has 6 heteroatoms. The van der Waals surface area contributed by atoms with Gasteiger partial charge in [-0.15, -0.1) is 0 Å². The molecule has 1 aliphatic rings. The van der Waals surface area contributed by atoms with Crippen LogP contribution in [0.25, 0.3) is 6.08 Å². The molecule has 0 saturated carbocycles. The van der Waals surface area contributed by atoms with Crippen molar-refractivity contribution in [2.75, 3.05) is 39.8 Å². The molecule has 1 aliphatic heterocycles. The summed E-state index contributed by atoms with van der Waals surface area (Å²) in [6.07, 6.45) is 4.23. The zero-order valence-corrected chi connectivity index (χ0v) is 15.7. The van der Waals surface area contributed by atoms with Crippen LogP contribution >= 0.6 is 0 Å². The summed E-state index contributed by atoms with van der Waals surface area (Å²) in [5.41, 5.74) is 1.17. The first-order valence-corrected chi connectivity index (χ1v) is 10.1. The van der Waals surface area contributed by atoms with E-state index in [1.807, 2.05) is 18.2 Å². The number of hydrogen-bond acceptors (Lipinski definition) is 4. The molecule has 0 unspecified atom stereocenters. The quantitative estimate of drug-likeness (QED) is 0.782. The van der Waals surface area contributed by atoms with Crippen molar-refractivity contribution in [2.45, 2.75) is 4.90 Å². The van der Waals surface area contributed by atoms with Crippen LogP contribution in [0.5, 0.6) is 5.75 Å². The van der Waals surface area contributed by atoms with Crippen molar-refractivity contribution in [3.05, 3.63) is 66.2 Å². The highest BCUT2D eigenvalue weighted by molar-refractivity contribution is 7.89. The molecule has 0 spiro atoms. The summed E-state index contributed by atoms with van der Waals surface area (Å²) in [6, 6.07) is 16.7. The van der Waals surface area contributed by atoms with Gasteiger partial charge in [-0.1, -0.05) is 42.5 Å². The Kier molecular flexibility index (Phi) is 6.08. The predicted molar refractivity (Wildman–Crippen MR) is 104 cm³/mol. The molecule has 0 N–H and O–H groups in total. The fraction of sp³-hybridized carbons (Fsp3) is 0.300. The summed E-state index contributed by atoms with van der Waals surface area (Å²) in [5.74, 6) is 0.652. The smallest absolute Gasteiger partial charge is 0.243 e.